The second-order valence-electron chi connectivity index (χ2n) is 3.05. The molecule has 0 fully saturated rings. The summed E-state index contributed by atoms with van der Waals surface area (Å²) in [5, 5.41) is -0.110. The van der Waals surface area contributed by atoms with E-state index < -0.39 is 17.5 Å². The number of benzene rings is 1. The fraction of sp³-hybridized carbons (Fsp3) is 0.300. The normalized spacial score (nSPS) is 11.5. The van der Waals surface area contributed by atoms with Gasteiger partial charge in [0, 0.05) is 5.56 Å². The first-order chi connectivity index (χ1) is 6.88. The van der Waals surface area contributed by atoms with Gasteiger partial charge in [0.25, 0.3) is 0 Å². The molecule has 0 aliphatic rings. The number of rotatable bonds is 2. The Morgan fingerprint density at radius 3 is 2.47 bits per heavy atom. The van der Waals surface area contributed by atoms with Crippen LogP contribution < -0.4 is 0 Å². The Hall–Kier alpha value is -0.840. The number of aryl methyl sites for hydroxylation is 1. The lowest BCUT2D eigenvalue weighted by atomic mass is 9.98. The van der Waals surface area contributed by atoms with Crippen LogP contribution in [0.2, 0.25) is 0 Å². The van der Waals surface area contributed by atoms with E-state index in [0.717, 1.165) is 6.07 Å². The van der Waals surface area contributed by atoms with Gasteiger partial charge in [-0.15, -0.1) is 0 Å². The third-order valence-electron chi connectivity index (χ3n) is 1.98. The Morgan fingerprint density at radius 2 is 2.00 bits per heavy atom. The lowest BCUT2D eigenvalue weighted by molar-refractivity contribution is -0.137. The summed E-state index contributed by atoms with van der Waals surface area (Å²) < 4.78 is 37.7. The van der Waals surface area contributed by atoms with Crippen molar-refractivity contribution in [2.24, 2.45) is 0 Å². The maximum absolute atomic E-state index is 12.6. The fourth-order valence-corrected chi connectivity index (χ4v) is 1.62. The van der Waals surface area contributed by atoms with Crippen molar-refractivity contribution < 1.29 is 18.0 Å². The minimum absolute atomic E-state index is 0.110. The molecule has 0 saturated heterocycles. The zero-order valence-electron chi connectivity index (χ0n) is 7.86. The van der Waals surface area contributed by atoms with Gasteiger partial charge in [-0.3, -0.25) is 4.79 Å². The van der Waals surface area contributed by atoms with Gasteiger partial charge in [0.15, 0.2) is 5.78 Å². The number of halogens is 4. The molecule has 1 rings (SSSR count). The summed E-state index contributed by atoms with van der Waals surface area (Å²) >= 11 is 2.87. The van der Waals surface area contributed by atoms with Crippen molar-refractivity contribution in [2.75, 3.05) is 5.33 Å². The van der Waals surface area contributed by atoms with Crippen LogP contribution in [-0.2, 0) is 6.18 Å². The Morgan fingerprint density at radius 1 is 1.40 bits per heavy atom. The highest BCUT2D eigenvalue weighted by molar-refractivity contribution is 9.09. The first-order valence-electron chi connectivity index (χ1n) is 4.14. The van der Waals surface area contributed by atoms with Crippen LogP contribution in [0.5, 0.6) is 0 Å². The average molecular weight is 281 g/mol. The number of hydrogen-bond acceptors (Lipinski definition) is 1. The lowest BCUT2D eigenvalue weighted by Crippen LogP contribution is -2.15. The monoisotopic (exact) mass is 280 g/mol. The van der Waals surface area contributed by atoms with Gasteiger partial charge in [-0.25, -0.2) is 0 Å². The van der Waals surface area contributed by atoms with Gasteiger partial charge in [0.2, 0.25) is 0 Å². The largest absolute Gasteiger partial charge is 0.417 e. The summed E-state index contributed by atoms with van der Waals surface area (Å²) in [4.78, 5) is 11.4. The molecule has 0 unspecified atom stereocenters. The molecule has 1 nitrogen and oxygen atoms in total. The molecule has 0 bridgehead atoms. The number of carbonyl (C=O) groups is 1. The summed E-state index contributed by atoms with van der Waals surface area (Å²) in [7, 11) is 0. The maximum atomic E-state index is 12.6. The van der Waals surface area contributed by atoms with Crippen LogP contribution in [0.4, 0.5) is 13.2 Å². The quantitative estimate of drug-likeness (QED) is 0.598. The van der Waals surface area contributed by atoms with Crippen LogP contribution >= 0.6 is 15.9 Å². The molecule has 0 aliphatic carbocycles. The van der Waals surface area contributed by atoms with E-state index in [1.165, 1.54) is 19.1 Å². The number of carbonyl (C=O) groups excluding carboxylic acids is 1. The van der Waals surface area contributed by atoms with Crippen molar-refractivity contribution in [3.63, 3.8) is 0 Å². The van der Waals surface area contributed by atoms with Gasteiger partial charge in [-0.2, -0.15) is 13.2 Å². The Bertz CT molecular complexity index is 385. The molecule has 0 amide bonds. The molecule has 0 heterocycles. The minimum atomic E-state index is -4.49. The molecule has 0 spiro atoms. The molecule has 82 valence electrons. The van der Waals surface area contributed by atoms with E-state index in [0.29, 0.717) is 5.56 Å². The Labute approximate surface area is 93.4 Å². The topological polar surface area (TPSA) is 17.1 Å². The summed E-state index contributed by atoms with van der Waals surface area (Å²) in [6.07, 6.45) is -4.49. The first-order valence-corrected chi connectivity index (χ1v) is 5.26. The first kappa shape index (κ1) is 12.2. The van der Waals surface area contributed by atoms with Crippen LogP contribution in [0.1, 0.15) is 21.5 Å². The van der Waals surface area contributed by atoms with E-state index >= 15 is 0 Å². The van der Waals surface area contributed by atoms with Crippen molar-refractivity contribution in [2.45, 2.75) is 13.1 Å². The van der Waals surface area contributed by atoms with E-state index in [1.807, 2.05) is 0 Å². The van der Waals surface area contributed by atoms with E-state index in [9.17, 15) is 18.0 Å². The Balaban J connectivity index is 3.40. The summed E-state index contributed by atoms with van der Waals surface area (Å²) in [5.74, 6) is -0.555. The van der Waals surface area contributed by atoms with Crippen molar-refractivity contribution in [1.82, 2.24) is 0 Å². The highest BCUT2D eigenvalue weighted by Crippen LogP contribution is 2.33. The molecule has 0 radical (unpaired) electrons. The zero-order chi connectivity index (χ0) is 11.6. The maximum Gasteiger partial charge on any atom is 0.417 e. The third-order valence-corrected chi connectivity index (χ3v) is 2.49. The van der Waals surface area contributed by atoms with Gasteiger partial charge < -0.3 is 0 Å². The predicted molar refractivity (Wildman–Crippen MR) is 54.3 cm³/mol. The molecule has 0 atom stereocenters. The van der Waals surface area contributed by atoms with E-state index in [4.69, 9.17) is 0 Å². The van der Waals surface area contributed by atoms with E-state index in [2.05, 4.69) is 15.9 Å². The van der Waals surface area contributed by atoms with Gasteiger partial charge in [0.05, 0.1) is 10.9 Å². The molecule has 0 aliphatic heterocycles. The van der Waals surface area contributed by atoms with Gasteiger partial charge in [0.1, 0.15) is 0 Å². The summed E-state index contributed by atoms with van der Waals surface area (Å²) in [6, 6.07) is 3.71. The molecule has 1 aromatic carbocycles. The zero-order valence-corrected chi connectivity index (χ0v) is 9.45. The van der Waals surface area contributed by atoms with Gasteiger partial charge in [-0.05, 0) is 18.6 Å². The number of ketones is 1. The average Bonchev–Trinajstić information content (AvgIpc) is 2.15. The number of alkyl halides is 4. The fourth-order valence-electron chi connectivity index (χ4n) is 1.34. The summed E-state index contributed by atoms with van der Waals surface area (Å²) in [5.41, 5.74) is -0.775. The predicted octanol–water partition coefficient (Wildman–Crippen LogP) is 3.59. The standard InChI is InChI=1S/C10H8BrF3O/c1-6-3-2-4-7(10(12,13)14)9(6)8(15)5-11/h2-4H,5H2,1H3. The molecule has 15 heavy (non-hydrogen) atoms. The summed E-state index contributed by atoms with van der Waals surface area (Å²) in [6.45, 7) is 1.49. The number of Topliss-reactive ketones (excluding diaryl/α,β-unsaturated/α-hetero) is 1. The van der Waals surface area contributed by atoms with Gasteiger partial charge >= 0.3 is 6.18 Å². The second kappa shape index (κ2) is 4.35. The van der Waals surface area contributed by atoms with Crippen molar-refractivity contribution in [3.8, 4) is 0 Å². The van der Waals surface area contributed by atoms with E-state index in [1.54, 1.807) is 0 Å². The SMILES string of the molecule is Cc1cccc(C(F)(F)F)c1C(=O)CBr. The Kier molecular flexibility index (Phi) is 3.54. The molecular weight excluding hydrogens is 273 g/mol. The molecular formula is C10H8BrF3O. The second-order valence-corrected chi connectivity index (χ2v) is 3.61. The van der Waals surface area contributed by atoms with Crippen molar-refractivity contribution in [3.05, 3.63) is 34.9 Å². The van der Waals surface area contributed by atoms with Crippen LogP contribution in [0.25, 0.3) is 0 Å². The van der Waals surface area contributed by atoms with Crippen molar-refractivity contribution >= 4 is 21.7 Å². The molecule has 0 N–H and O–H groups in total. The van der Waals surface area contributed by atoms with Gasteiger partial charge in [-0.1, -0.05) is 28.1 Å². The van der Waals surface area contributed by atoms with Crippen molar-refractivity contribution in [1.29, 1.82) is 0 Å². The minimum Gasteiger partial charge on any atom is -0.293 e. The number of hydrogen-bond donors (Lipinski definition) is 0. The van der Waals surface area contributed by atoms with Crippen LogP contribution in [0, 0.1) is 6.92 Å². The smallest absolute Gasteiger partial charge is 0.293 e. The van der Waals surface area contributed by atoms with E-state index in [-0.39, 0.29) is 10.9 Å². The van der Waals surface area contributed by atoms with Crippen LogP contribution in [0.3, 0.4) is 0 Å². The molecule has 1 aromatic rings. The highest BCUT2D eigenvalue weighted by atomic mass is 79.9. The highest BCUT2D eigenvalue weighted by Gasteiger charge is 2.35. The molecule has 0 saturated carbocycles. The third kappa shape index (κ3) is 2.59. The lowest BCUT2D eigenvalue weighted by Gasteiger charge is -2.13. The molecule has 0 aromatic heterocycles. The van der Waals surface area contributed by atoms with Crippen LogP contribution in [0.15, 0.2) is 18.2 Å². The van der Waals surface area contributed by atoms with Crippen LogP contribution in [-0.4, -0.2) is 11.1 Å². The molecule has 5 heteroatoms.